The first-order valence-corrected chi connectivity index (χ1v) is 12.8. The number of aryl methyl sites for hydroxylation is 1. The minimum Gasteiger partial charge on any atom is -0.484 e. The fourth-order valence-corrected chi connectivity index (χ4v) is 5.83. The predicted molar refractivity (Wildman–Crippen MR) is 131 cm³/mol. The van der Waals surface area contributed by atoms with Gasteiger partial charge in [-0.2, -0.15) is 5.26 Å². The highest BCUT2D eigenvalue weighted by Gasteiger charge is 2.51. The van der Waals surface area contributed by atoms with Crippen molar-refractivity contribution in [2.45, 2.75) is 84.2 Å². The molecule has 1 aromatic rings. The van der Waals surface area contributed by atoms with Crippen molar-refractivity contribution in [2.75, 3.05) is 13.2 Å². The van der Waals surface area contributed by atoms with Crippen LogP contribution in [0.1, 0.15) is 70.8 Å². The molecule has 188 valence electrons. The number of hydrogen-bond acceptors (Lipinski definition) is 5. The molecule has 3 aliphatic rings. The molecule has 1 aromatic carbocycles. The van der Waals surface area contributed by atoms with Crippen molar-refractivity contribution >= 4 is 17.6 Å². The third kappa shape index (κ3) is 5.86. The Morgan fingerprint density at radius 3 is 2.54 bits per heavy atom. The third-order valence-electron chi connectivity index (χ3n) is 8.20. The van der Waals surface area contributed by atoms with E-state index in [0.717, 1.165) is 37.7 Å². The Hall–Kier alpha value is -2.88. The third-order valence-corrected chi connectivity index (χ3v) is 8.20. The van der Waals surface area contributed by atoms with Gasteiger partial charge in [-0.3, -0.25) is 14.4 Å². The molecule has 7 heteroatoms. The van der Waals surface area contributed by atoms with E-state index in [1.165, 1.54) is 0 Å². The molecule has 3 atom stereocenters. The van der Waals surface area contributed by atoms with E-state index in [9.17, 15) is 19.6 Å². The molecular weight excluding hydrogens is 442 g/mol. The second-order valence-electron chi connectivity index (χ2n) is 11.7. The van der Waals surface area contributed by atoms with Crippen molar-refractivity contribution in [1.29, 1.82) is 5.26 Å². The smallest absolute Gasteiger partial charge is 0.261 e. The van der Waals surface area contributed by atoms with Crippen molar-refractivity contribution in [3.63, 3.8) is 0 Å². The summed E-state index contributed by atoms with van der Waals surface area (Å²) in [6.45, 7) is 6.59. The van der Waals surface area contributed by atoms with Crippen molar-refractivity contribution in [1.82, 2.24) is 10.2 Å². The second kappa shape index (κ2) is 10.0. The Morgan fingerprint density at radius 2 is 1.94 bits per heavy atom. The molecule has 0 bridgehead atoms. The minimum absolute atomic E-state index is 0.00141. The van der Waals surface area contributed by atoms with Gasteiger partial charge in [0.2, 0.25) is 5.91 Å². The minimum atomic E-state index is -0.739. The zero-order valence-corrected chi connectivity index (χ0v) is 21.1. The number of benzene rings is 1. The Morgan fingerprint density at radius 1 is 1.23 bits per heavy atom. The number of nitrogens with one attached hydrogen (secondary N) is 1. The summed E-state index contributed by atoms with van der Waals surface area (Å²) in [6.07, 6.45) is 6.26. The Labute approximate surface area is 208 Å². The van der Waals surface area contributed by atoms with E-state index >= 15 is 0 Å². The van der Waals surface area contributed by atoms with E-state index < -0.39 is 12.1 Å². The van der Waals surface area contributed by atoms with Gasteiger partial charge in [0.25, 0.3) is 5.91 Å². The summed E-state index contributed by atoms with van der Waals surface area (Å²) < 4.78 is 5.70. The number of Topliss-reactive ketones (excluding diaryl/α,β-unsaturated/α-hetero) is 1. The first kappa shape index (κ1) is 25.2. The van der Waals surface area contributed by atoms with E-state index in [4.69, 9.17) is 4.74 Å². The van der Waals surface area contributed by atoms with Gasteiger partial charge in [-0.1, -0.05) is 38.0 Å². The highest BCUT2D eigenvalue weighted by atomic mass is 16.5. The standard InChI is InChI=1S/C28H37N3O4/c1-19-5-7-22(8-6-19)35-17-25(33)31-18-28(10-4-11-28)14-23(31)26(34)30-21(16-29)13-20-9-12-27(2,3)15-24(20)32/h5-8,20-21,23H,4,9-15,17-18H2,1-3H3,(H,30,34)/t20-,21-,23-/m0/s1. The van der Waals surface area contributed by atoms with Gasteiger partial charge in [-0.05, 0) is 68.4 Å². The molecule has 1 spiro atoms. The topological polar surface area (TPSA) is 99.5 Å². The zero-order valence-electron chi connectivity index (χ0n) is 21.1. The molecule has 0 unspecified atom stereocenters. The summed E-state index contributed by atoms with van der Waals surface area (Å²) in [7, 11) is 0. The number of nitriles is 1. The Balaban J connectivity index is 1.38. The van der Waals surface area contributed by atoms with Gasteiger partial charge < -0.3 is 15.0 Å². The van der Waals surface area contributed by atoms with Crippen molar-refractivity contribution in [2.24, 2.45) is 16.7 Å². The number of ketones is 1. The van der Waals surface area contributed by atoms with E-state index in [1.807, 2.05) is 31.2 Å². The molecule has 2 aliphatic carbocycles. The molecule has 0 radical (unpaired) electrons. The van der Waals surface area contributed by atoms with Crippen molar-refractivity contribution in [3.8, 4) is 11.8 Å². The molecule has 1 heterocycles. The largest absolute Gasteiger partial charge is 0.484 e. The maximum Gasteiger partial charge on any atom is 0.261 e. The average Bonchev–Trinajstić information content (AvgIpc) is 3.21. The zero-order chi connectivity index (χ0) is 25.2. The van der Waals surface area contributed by atoms with Gasteiger partial charge >= 0.3 is 0 Å². The summed E-state index contributed by atoms with van der Waals surface area (Å²) in [4.78, 5) is 40.7. The van der Waals surface area contributed by atoms with Gasteiger partial charge in [-0.25, -0.2) is 0 Å². The second-order valence-corrected chi connectivity index (χ2v) is 11.7. The number of rotatable bonds is 7. The number of carbonyl (C=O) groups is 3. The molecule has 1 saturated heterocycles. The monoisotopic (exact) mass is 479 g/mol. The molecule has 2 saturated carbocycles. The van der Waals surface area contributed by atoms with Crippen LogP contribution in [0.3, 0.4) is 0 Å². The maximum absolute atomic E-state index is 13.3. The molecule has 4 rings (SSSR count). The Bertz CT molecular complexity index is 1010. The van der Waals surface area contributed by atoms with Crippen LogP contribution in [0.25, 0.3) is 0 Å². The molecule has 1 N–H and O–H groups in total. The molecule has 3 fully saturated rings. The van der Waals surface area contributed by atoms with Gasteiger partial charge in [0, 0.05) is 18.9 Å². The van der Waals surface area contributed by atoms with Gasteiger partial charge in [0.15, 0.2) is 6.61 Å². The lowest BCUT2D eigenvalue weighted by molar-refractivity contribution is -0.140. The maximum atomic E-state index is 13.3. The lowest BCUT2D eigenvalue weighted by Gasteiger charge is -2.37. The molecule has 2 amide bonds. The van der Waals surface area contributed by atoms with E-state index in [0.29, 0.717) is 31.6 Å². The quantitative estimate of drug-likeness (QED) is 0.639. The molecule has 1 aliphatic heterocycles. The predicted octanol–water partition coefficient (Wildman–Crippen LogP) is 3.94. The van der Waals surface area contributed by atoms with Crippen LogP contribution in [0.2, 0.25) is 0 Å². The molecular formula is C28H37N3O4. The van der Waals surface area contributed by atoms with Gasteiger partial charge in [-0.15, -0.1) is 0 Å². The summed E-state index contributed by atoms with van der Waals surface area (Å²) in [6, 6.07) is 8.34. The first-order chi connectivity index (χ1) is 16.6. The number of carbonyl (C=O) groups excluding carboxylic acids is 3. The van der Waals surface area contributed by atoms with Crippen LogP contribution in [-0.2, 0) is 14.4 Å². The first-order valence-electron chi connectivity index (χ1n) is 12.8. The average molecular weight is 480 g/mol. The van der Waals surface area contributed by atoms with Crippen molar-refractivity contribution in [3.05, 3.63) is 29.8 Å². The van der Waals surface area contributed by atoms with Crippen LogP contribution in [0, 0.1) is 35.0 Å². The number of hydrogen-bond donors (Lipinski definition) is 1. The van der Waals surface area contributed by atoms with Crippen LogP contribution >= 0.6 is 0 Å². The van der Waals surface area contributed by atoms with Crippen LogP contribution in [0.5, 0.6) is 5.75 Å². The summed E-state index contributed by atoms with van der Waals surface area (Å²) >= 11 is 0. The van der Waals surface area contributed by atoms with Gasteiger partial charge in [0.1, 0.15) is 23.6 Å². The van der Waals surface area contributed by atoms with Crippen LogP contribution in [0.15, 0.2) is 24.3 Å². The number of ether oxygens (including phenoxy) is 1. The lowest BCUT2D eigenvalue weighted by Crippen LogP contribution is -2.50. The van der Waals surface area contributed by atoms with E-state index in [1.54, 1.807) is 4.90 Å². The summed E-state index contributed by atoms with van der Waals surface area (Å²) in [5.41, 5.74) is 1.10. The highest BCUT2D eigenvalue weighted by molar-refractivity contribution is 5.89. The Kier molecular flexibility index (Phi) is 7.21. The number of likely N-dealkylation sites (tertiary alicyclic amines) is 1. The lowest BCUT2D eigenvalue weighted by atomic mass is 9.67. The van der Waals surface area contributed by atoms with E-state index in [2.05, 4.69) is 25.2 Å². The molecule has 35 heavy (non-hydrogen) atoms. The van der Waals surface area contributed by atoms with Crippen molar-refractivity contribution < 1.29 is 19.1 Å². The number of amides is 2. The highest BCUT2D eigenvalue weighted by Crippen LogP contribution is 2.50. The molecule has 0 aromatic heterocycles. The van der Waals surface area contributed by atoms with Crippen LogP contribution in [0.4, 0.5) is 0 Å². The summed E-state index contributed by atoms with van der Waals surface area (Å²) in [5.74, 6) is 0.0814. The normalized spacial score (nSPS) is 25.4. The van der Waals surface area contributed by atoms with Gasteiger partial charge in [0.05, 0.1) is 6.07 Å². The fraction of sp³-hybridized carbons (Fsp3) is 0.643. The number of nitrogens with zero attached hydrogens (tertiary/aromatic N) is 2. The summed E-state index contributed by atoms with van der Waals surface area (Å²) in [5, 5.41) is 12.6. The van der Waals surface area contributed by atoms with E-state index in [-0.39, 0.29) is 41.0 Å². The fourth-order valence-electron chi connectivity index (χ4n) is 5.83. The van der Waals surface area contributed by atoms with Crippen LogP contribution in [-0.4, -0.2) is 47.7 Å². The van der Waals surface area contributed by atoms with Crippen LogP contribution < -0.4 is 10.1 Å². The molecule has 7 nitrogen and oxygen atoms in total. The SMILES string of the molecule is Cc1ccc(OCC(=O)N2CC3(CCC3)C[C@H]2C(=O)N[C@H](C#N)C[C@@H]2CCC(C)(C)CC2=O)cc1.